The molecule has 0 radical (unpaired) electrons. The molecule has 1 unspecified atom stereocenters. The van der Waals surface area contributed by atoms with Gasteiger partial charge in [0.2, 0.25) is 5.91 Å². The van der Waals surface area contributed by atoms with E-state index in [1.54, 1.807) is 0 Å². The maximum absolute atomic E-state index is 11.8. The molecule has 0 saturated heterocycles. The Labute approximate surface area is 115 Å². The van der Waals surface area contributed by atoms with Gasteiger partial charge in [-0.3, -0.25) is 4.79 Å². The van der Waals surface area contributed by atoms with E-state index in [1.807, 2.05) is 19.2 Å². The fourth-order valence-corrected chi connectivity index (χ4v) is 1.76. The number of carbonyl (C=O) groups excluding carboxylic acids is 1. The van der Waals surface area contributed by atoms with Crippen molar-refractivity contribution in [1.29, 1.82) is 0 Å². The van der Waals surface area contributed by atoms with Crippen LogP contribution >= 0.6 is 0 Å². The molecule has 1 heterocycles. The Bertz CT molecular complexity index is 443. The summed E-state index contributed by atoms with van der Waals surface area (Å²) >= 11 is 0. The lowest BCUT2D eigenvalue weighted by Crippen LogP contribution is -2.38. The van der Waals surface area contributed by atoms with Gasteiger partial charge >= 0.3 is 0 Å². The molecule has 1 aliphatic carbocycles. The molecule has 1 amide bonds. The van der Waals surface area contributed by atoms with E-state index in [9.17, 15) is 4.79 Å². The van der Waals surface area contributed by atoms with Crippen LogP contribution in [0.1, 0.15) is 46.1 Å². The number of hydrogen-bond acceptors (Lipinski definition) is 3. The second-order valence-electron chi connectivity index (χ2n) is 6.33. The van der Waals surface area contributed by atoms with E-state index in [1.165, 1.54) is 5.56 Å². The minimum atomic E-state index is -0.256. The van der Waals surface area contributed by atoms with Crippen LogP contribution < -0.4 is 10.6 Å². The van der Waals surface area contributed by atoms with E-state index in [0.717, 1.165) is 18.7 Å². The molecule has 0 spiro atoms. The highest BCUT2D eigenvalue weighted by Crippen LogP contribution is 2.22. The van der Waals surface area contributed by atoms with Gasteiger partial charge < -0.3 is 10.6 Å². The van der Waals surface area contributed by atoms with Crippen molar-refractivity contribution in [2.45, 2.75) is 58.0 Å². The van der Waals surface area contributed by atoms with Gasteiger partial charge in [0.25, 0.3) is 0 Å². The second kappa shape index (κ2) is 5.19. The van der Waals surface area contributed by atoms with Gasteiger partial charge in [0.1, 0.15) is 11.9 Å². The third-order valence-electron chi connectivity index (χ3n) is 3.31. The summed E-state index contributed by atoms with van der Waals surface area (Å²) < 4.78 is 0. The molecule has 1 aromatic rings. The number of pyridine rings is 1. The summed E-state index contributed by atoms with van der Waals surface area (Å²) in [6.07, 6.45) is 4.09. The van der Waals surface area contributed by atoms with Gasteiger partial charge in [-0.25, -0.2) is 4.98 Å². The number of nitrogens with zero attached hydrogens (tertiary/aromatic N) is 1. The Morgan fingerprint density at radius 3 is 2.53 bits per heavy atom. The van der Waals surface area contributed by atoms with Crippen LogP contribution in [0.5, 0.6) is 0 Å². The van der Waals surface area contributed by atoms with Crippen molar-refractivity contribution in [3.8, 4) is 0 Å². The van der Waals surface area contributed by atoms with Gasteiger partial charge in [-0.15, -0.1) is 0 Å². The average Bonchev–Trinajstić information content (AvgIpc) is 3.12. The zero-order chi connectivity index (χ0) is 14.0. The standard InChI is InChI=1S/C15H23N3O/c1-10(14(19)18-12-6-7-12)17-13-8-5-11(9-16-13)15(2,3)4/h5,8-10,12H,6-7H2,1-4H3,(H,16,17)(H,18,19). The third-order valence-corrected chi connectivity index (χ3v) is 3.31. The van der Waals surface area contributed by atoms with E-state index in [0.29, 0.717) is 6.04 Å². The van der Waals surface area contributed by atoms with Gasteiger partial charge in [0.05, 0.1) is 0 Å². The quantitative estimate of drug-likeness (QED) is 0.875. The summed E-state index contributed by atoms with van der Waals surface area (Å²) in [5.41, 5.74) is 1.29. The van der Waals surface area contributed by atoms with Crippen LogP contribution in [0, 0.1) is 0 Å². The predicted molar refractivity (Wildman–Crippen MR) is 77.2 cm³/mol. The monoisotopic (exact) mass is 261 g/mol. The van der Waals surface area contributed by atoms with E-state index >= 15 is 0 Å². The van der Waals surface area contributed by atoms with Gasteiger partial charge in [-0.1, -0.05) is 26.8 Å². The summed E-state index contributed by atoms with van der Waals surface area (Å²) in [4.78, 5) is 16.2. The first-order valence-electron chi connectivity index (χ1n) is 6.90. The van der Waals surface area contributed by atoms with Crippen LogP contribution in [0.3, 0.4) is 0 Å². The number of anilines is 1. The third kappa shape index (κ3) is 3.94. The fraction of sp³-hybridized carbons (Fsp3) is 0.600. The molecule has 0 aromatic carbocycles. The Morgan fingerprint density at radius 1 is 1.37 bits per heavy atom. The van der Waals surface area contributed by atoms with Gasteiger partial charge in [-0.05, 0) is 36.8 Å². The first kappa shape index (κ1) is 13.8. The lowest BCUT2D eigenvalue weighted by atomic mass is 9.88. The molecule has 0 aliphatic heterocycles. The van der Waals surface area contributed by atoms with Gasteiger partial charge in [0.15, 0.2) is 0 Å². The molecular weight excluding hydrogens is 238 g/mol. The maximum Gasteiger partial charge on any atom is 0.242 e. The molecule has 1 saturated carbocycles. The molecule has 2 rings (SSSR count). The zero-order valence-corrected chi connectivity index (χ0v) is 12.2. The molecule has 19 heavy (non-hydrogen) atoms. The van der Waals surface area contributed by atoms with Crippen LogP contribution in [0.4, 0.5) is 5.82 Å². The van der Waals surface area contributed by atoms with Crippen LogP contribution in [-0.4, -0.2) is 23.0 Å². The fourth-order valence-electron chi connectivity index (χ4n) is 1.76. The van der Waals surface area contributed by atoms with Crippen molar-refractivity contribution in [2.75, 3.05) is 5.32 Å². The molecule has 1 atom stereocenters. The van der Waals surface area contributed by atoms with E-state index < -0.39 is 0 Å². The molecule has 1 aromatic heterocycles. The number of rotatable bonds is 4. The Morgan fingerprint density at radius 2 is 2.05 bits per heavy atom. The summed E-state index contributed by atoms with van der Waals surface area (Å²) in [6, 6.07) is 4.13. The SMILES string of the molecule is CC(Nc1ccc(C(C)(C)C)cn1)C(=O)NC1CC1. The summed E-state index contributed by atoms with van der Waals surface area (Å²) in [5, 5.41) is 6.11. The molecule has 104 valence electrons. The normalized spacial score (nSPS) is 16.8. The molecule has 0 bridgehead atoms. The van der Waals surface area contributed by atoms with Gasteiger partial charge in [0, 0.05) is 12.2 Å². The molecule has 1 aliphatic rings. The van der Waals surface area contributed by atoms with Crippen molar-refractivity contribution in [1.82, 2.24) is 10.3 Å². The highest BCUT2D eigenvalue weighted by molar-refractivity contribution is 5.84. The number of aromatic nitrogens is 1. The molecular formula is C15H23N3O. The van der Waals surface area contributed by atoms with E-state index in [4.69, 9.17) is 0 Å². The number of nitrogens with one attached hydrogen (secondary N) is 2. The molecule has 2 N–H and O–H groups in total. The first-order valence-corrected chi connectivity index (χ1v) is 6.90. The maximum atomic E-state index is 11.8. The minimum absolute atomic E-state index is 0.0456. The number of carbonyl (C=O) groups is 1. The summed E-state index contributed by atoms with van der Waals surface area (Å²) in [7, 11) is 0. The van der Waals surface area contributed by atoms with Crippen LogP contribution in [0.15, 0.2) is 18.3 Å². The van der Waals surface area contributed by atoms with Crippen molar-refractivity contribution < 1.29 is 4.79 Å². The lowest BCUT2D eigenvalue weighted by molar-refractivity contribution is -0.121. The van der Waals surface area contributed by atoms with Crippen LogP contribution in [-0.2, 0) is 10.2 Å². The zero-order valence-electron chi connectivity index (χ0n) is 12.2. The van der Waals surface area contributed by atoms with Gasteiger partial charge in [-0.2, -0.15) is 0 Å². The summed E-state index contributed by atoms with van der Waals surface area (Å²) in [6.45, 7) is 8.32. The summed E-state index contributed by atoms with van der Waals surface area (Å²) in [5.74, 6) is 0.788. The predicted octanol–water partition coefficient (Wildman–Crippen LogP) is 2.46. The lowest BCUT2D eigenvalue weighted by Gasteiger charge is -2.19. The van der Waals surface area contributed by atoms with Crippen molar-refractivity contribution >= 4 is 11.7 Å². The average molecular weight is 261 g/mol. The minimum Gasteiger partial charge on any atom is -0.359 e. The Hall–Kier alpha value is -1.58. The highest BCUT2D eigenvalue weighted by atomic mass is 16.2. The molecule has 4 nitrogen and oxygen atoms in total. The number of amides is 1. The van der Waals surface area contributed by atoms with E-state index in [2.05, 4.69) is 42.5 Å². The first-order chi connectivity index (χ1) is 8.86. The second-order valence-corrected chi connectivity index (χ2v) is 6.33. The molecule has 4 heteroatoms. The van der Waals surface area contributed by atoms with Crippen molar-refractivity contribution in [3.05, 3.63) is 23.9 Å². The van der Waals surface area contributed by atoms with Crippen molar-refractivity contribution in [3.63, 3.8) is 0 Å². The van der Waals surface area contributed by atoms with Crippen molar-refractivity contribution in [2.24, 2.45) is 0 Å². The largest absolute Gasteiger partial charge is 0.359 e. The Kier molecular flexibility index (Phi) is 3.78. The Balaban J connectivity index is 1.93. The number of hydrogen-bond donors (Lipinski definition) is 2. The van der Waals surface area contributed by atoms with E-state index in [-0.39, 0.29) is 17.4 Å². The topological polar surface area (TPSA) is 54.0 Å². The highest BCUT2D eigenvalue weighted by Gasteiger charge is 2.25. The molecule has 1 fully saturated rings. The van der Waals surface area contributed by atoms with Crippen LogP contribution in [0.25, 0.3) is 0 Å². The van der Waals surface area contributed by atoms with Crippen LogP contribution in [0.2, 0.25) is 0 Å². The smallest absolute Gasteiger partial charge is 0.242 e.